The highest BCUT2D eigenvalue weighted by molar-refractivity contribution is 7.98. The standard InChI is InChI=1S/C32H36F2N2O3SSi/c1-18(2)41(19(3)4,20(5)6)13-12-21-10-9-11-22-14-23(39-17-38-7)15-24(27(21)22)28-26(33)16-25-30(29(28)34)35-32(40-8)36-31(25)37/h9-11,14-16,18-20H,17H2,1-8H3,(H,35,36,37). The minimum Gasteiger partial charge on any atom is -0.493 e. The lowest BCUT2D eigenvalue weighted by atomic mass is 9.93. The molecule has 1 N–H and O–H groups in total. The van der Waals surface area contributed by atoms with Crippen molar-refractivity contribution in [2.75, 3.05) is 20.2 Å². The van der Waals surface area contributed by atoms with Gasteiger partial charge in [0.15, 0.2) is 17.8 Å². The number of aromatic hydroxyl groups is 1. The van der Waals surface area contributed by atoms with E-state index >= 15 is 8.78 Å². The zero-order valence-electron chi connectivity index (χ0n) is 24.7. The highest BCUT2D eigenvalue weighted by Gasteiger charge is 2.41. The molecule has 0 radical (unpaired) electrons. The van der Waals surface area contributed by atoms with Crippen molar-refractivity contribution >= 4 is 41.5 Å². The first-order valence-corrected chi connectivity index (χ1v) is 17.1. The number of halogens is 2. The van der Waals surface area contributed by atoms with E-state index in [1.807, 2.05) is 24.3 Å². The van der Waals surface area contributed by atoms with Gasteiger partial charge < -0.3 is 14.6 Å². The van der Waals surface area contributed by atoms with Gasteiger partial charge in [-0.2, -0.15) is 4.98 Å². The number of rotatable bonds is 8. The van der Waals surface area contributed by atoms with E-state index in [2.05, 4.69) is 63.0 Å². The Kier molecular flexibility index (Phi) is 9.27. The smallest absolute Gasteiger partial charge is 0.223 e. The Morgan fingerprint density at radius 2 is 1.68 bits per heavy atom. The van der Waals surface area contributed by atoms with Crippen LogP contribution >= 0.6 is 11.8 Å². The van der Waals surface area contributed by atoms with Gasteiger partial charge in [0.2, 0.25) is 5.88 Å². The fraction of sp³-hybridized carbons (Fsp3) is 0.375. The molecule has 9 heteroatoms. The van der Waals surface area contributed by atoms with E-state index in [9.17, 15) is 5.11 Å². The quantitative estimate of drug-likeness (QED) is 0.0724. The second kappa shape index (κ2) is 12.4. The Bertz CT molecular complexity index is 1640. The third-order valence-corrected chi connectivity index (χ3v) is 14.7. The van der Waals surface area contributed by atoms with E-state index in [0.717, 1.165) is 23.2 Å². The Morgan fingerprint density at radius 1 is 1.00 bits per heavy atom. The van der Waals surface area contributed by atoms with Crippen molar-refractivity contribution in [3.8, 4) is 34.2 Å². The number of thioether (sulfide) groups is 1. The van der Waals surface area contributed by atoms with Crippen LogP contribution in [0.25, 0.3) is 32.8 Å². The summed E-state index contributed by atoms with van der Waals surface area (Å²) in [6, 6.07) is 10.2. The topological polar surface area (TPSA) is 64.5 Å². The molecule has 41 heavy (non-hydrogen) atoms. The largest absolute Gasteiger partial charge is 0.493 e. The zero-order valence-corrected chi connectivity index (χ0v) is 26.5. The first-order chi connectivity index (χ1) is 19.5. The van der Waals surface area contributed by atoms with Gasteiger partial charge in [0.25, 0.3) is 0 Å². The first-order valence-electron chi connectivity index (χ1n) is 13.6. The zero-order chi connectivity index (χ0) is 30.1. The minimum absolute atomic E-state index is 0.0312. The van der Waals surface area contributed by atoms with Crippen LogP contribution in [0.5, 0.6) is 11.6 Å². The van der Waals surface area contributed by atoms with Gasteiger partial charge in [-0.15, -0.1) is 5.54 Å². The highest BCUT2D eigenvalue weighted by atomic mass is 32.2. The molecule has 3 aromatic carbocycles. The van der Waals surface area contributed by atoms with Gasteiger partial charge in [0.1, 0.15) is 25.2 Å². The number of aromatic nitrogens is 2. The maximum Gasteiger partial charge on any atom is 0.223 e. The molecule has 0 saturated carbocycles. The van der Waals surface area contributed by atoms with E-state index in [4.69, 9.17) is 9.47 Å². The first kappa shape index (κ1) is 30.8. The summed E-state index contributed by atoms with van der Waals surface area (Å²) >= 11 is 1.15. The van der Waals surface area contributed by atoms with Gasteiger partial charge in [-0.05, 0) is 52.5 Å². The third kappa shape index (κ3) is 5.65. The maximum atomic E-state index is 16.3. The average Bonchev–Trinajstić information content (AvgIpc) is 2.92. The van der Waals surface area contributed by atoms with Crippen LogP contribution < -0.4 is 4.74 Å². The van der Waals surface area contributed by atoms with Crippen molar-refractivity contribution in [1.82, 2.24) is 9.97 Å². The lowest BCUT2D eigenvalue weighted by Gasteiger charge is -2.38. The fourth-order valence-corrected chi connectivity index (χ4v) is 11.6. The molecule has 5 nitrogen and oxygen atoms in total. The summed E-state index contributed by atoms with van der Waals surface area (Å²) < 4.78 is 43.0. The van der Waals surface area contributed by atoms with Crippen molar-refractivity contribution in [2.24, 2.45) is 0 Å². The van der Waals surface area contributed by atoms with Crippen LogP contribution in [0.15, 0.2) is 41.6 Å². The summed E-state index contributed by atoms with van der Waals surface area (Å²) in [5, 5.41) is 11.8. The van der Waals surface area contributed by atoms with E-state index in [1.54, 1.807) is 12.3 Å². The van der Waals surface area contributed by atoms with Gasteiger partial charge in [-0.1, -0.05) is 71.4 Å². The molecule has 0 aliphatic carbocycles. The molecule has 4 aromatic rings. The van der Waals surface area contributed by atoms with Crippen LogP contribution in [-0.4, -0.2) is 43.3 Å². The van der Waals surface area contributed by atoms with Gasteiger partial charge >= 0.3 is 0 Å². The van der Waals surface area contributed by atoms with Crippen molar-refractivity contribution in [1.29, 1.82) is 0 Å². The Hall–Kier alpha value is -3.19. The van der Waals surface area contributed by atoms with Crippen LogP contribution in [0, 0.1) is 23.1 Å². The molecule has 0 spiro atoms. The SMILES string of the molecule is COCOc1cc(-c2c(F)cc3c(O)nc(SC)nc3c2F)c2c(C#C[Si](C(C)C)(C(C)C)C(C)C)cccc2c1. The number of benzene rings is 3. The molecule has 216 valence electrons. The van der Waals surface area contributed by atoms with Gasteiger partial charge in [0.05, 0.1) is 10.9 Å². The Labute approximate surface area is 245 Å². The summed E-state index contributed by atoms with van der Waals surface area (Å²) in [5.41, 5.74) is 5.54. The summed E-state index contributed by atoms with van der Waals surface area (Å²) in [7, 11) is -0.593. The van der Waals surface area contributed by atoms with E-state index in [-0.39, 0.29) is 34.0 Å². The molecule has 4 rings (SSSR count). The molecule has 0 aliphatic heterocycles. The molecule has 0 saturated heterocycles. The number of hydrogen-bond donors (Lipinski definition) is 1. The van der Waals surface area contributed by atoms with Crippen molar-refractivity contribution < 1.29 is 23.4 Å². The number of nitrogens with zero attached hydrogens (tertiary/aromatic N) is 2. The molecule has 0 unspecified atom stereocenters. The van der Waals surface area contributed by atoms with Crippen LogP contribution in [0.3, 0.4) is 0 Å². The minimum atomic E-state index is -2.10. The molecule has 0 amide bonds. The molecule has 1 heterocycles. The highest BCUT2D eigenvalue weighted by Crippen LogP contribution is 2.43. The number of fused-ring (bicyclic) bond motifs is 2. The molecule has 0 fully saturated rings. The van der Waals surface area contributed by atoms with Gasteiger partial charge in [0, 0.05) is 23.6 Å². The van der Waals surface area contributed by atoms with E-state index < -0.39 is 25.6 Å². The second-order valence-corrected chi connectivity index (χ2v) is 17.4. The van der Waals surface area contributed by atoms with Gasteiger partial charge in [-0.25, -0.2) is 13.8 Å². The average molecular weight is 595 g/mol. The van der Waals surface area contributed by atoms with Crippen molar-refractivity contribution in [3.05, 3.63) is 53.6 Å². The summed E-state index contributed by atoms with van der Waals surface area (Å²) in [6.45, 7) is 13.4. The van der Waals surface area contributed by atoms with Gasteiger partial charge in [-0.3, -0.25) is 0 Å². The van der Waals surface area contributed by atoms with Crippen LogP contribution in [-0.2, 0) is 4.74 Å². The number of methoxy groups -OCH3 is 1. The molecular formula is C32H36F2N2O3SSi. The summed E-state index contributed by atoms with van der Waals surface area (Å²) in [4.78, 5) is 8.19. The number of hydrogen-bond acceptors (Lipinski definition) is 6. The van der Waals surface area contributed by atoms with Crippen LogP contribution in [0.4, 0.5) is 8.78 Å². The fourth-order valence-electron chi connectivity index (χ4n) is 6.02. The van der Waals surface area contributed by atoms with Crippen LogP contribution in [0.2, 0.25) is 16.6 Å². The van der Waals surface area contributed by atoms with Crippen LogP contribution in [0.1, 0.15) is 47.1 Å². The number of ether oxygens (including phenoxy) is 2. The predicted molar refractivity (Wildman–Crippen MR) is 166 cm³/mol. The molecular weight excluding hydrogens is 559 g/mol. The molecule has 0 atom stereocenters. The maximum absolute atomic E-state index is 16.3. The Morgan fingerprint density at radius 3 is 2.29 bits per heavy atom. The lowest BCUT2D eigenvalue weighted by Crippen LogP contribution is -2.43. The monoisotopic (exact) mass is 594 g/mol. The summed E-state index contributed by atoms with van der Waals surface area (Å²) in [6.07, 6.45) is 1.72. The lowest BCUT2D eigenvalue weighted by molar-refractivity contribution is 0.0512. The van der Waals surface area contributed by atoms with Crippen molar-refractivity contribution in [2.45, 2.75) is 63.3 Å². The van der Waals surface area contributed by atoms with E-state index in [1.165, 1.54) is 7.11 Å². The van der Waals surface area contributed by atoms with E-state index in [0.29, 0.717) is 33.3 Å². The normalized spacial score (nSPS) is 12.0. The second-order valence-electron chi connectivity index (χ2n) is 11.0. The summed E-state index contributed by atoms with van der Waals surface area (Å²) in [5.74, 6) is 1.65. The molecule has 0 aliphatic rings. The Balaban J connectivity index is 2.10. The molecule has 1 aromatic heterocycles. The third-order valence-electron chi connectivity index (χ3n) is 7.87. The van der Waals surface area contributed by atoms with Crippen molar-refractivity contribution in [3.63, 3.8) is 0 Å². The predicted octanol–water partition coefficient (Wildman–Crippen LogP) is 8.71. The molecule has 0 bridgehead atoms.